The minimum atomic E-state index is -0.193. The van der Waals surface area contributed by atoms with E-state index >= 15 is 0 Å². The van der Waals surface area contributed by atoms with E-state index < -0.39 is 0 Å². The molecule has 1 aromatic carbocycles. The Balaban J connectivity index is 1.48. The number of benzene rings is 1. The van der Waals surface area contributed by atoms with E-state index in [1.54, 1.807) is 35.4 Å². The SMILES string of the molecule is C[C@@H]1Cc2nn3c(c2CN1C(=O)c1ccc(Cl)c(Cl)c1)C(=O)N([C@H](C)c1ccnc(Cl)c1)C[C@H]3C. The van der Waals surface area contributed by atoms with E-state index in [-0.39, 0.29) is 29.9 Å². The molecule has 182 valence electrons. The number of rotatable bonds is 3. The second-order valence-corrected chi connectivity index (χ2v) is 10.4. The molecule has 0 saturated heterocycles. The summed E-state index contributed by atoms with van der Waals surface area (Å²) in [5.41, 5.74) is 3.59. The van der Waals surface area contributed by atoms with Crippen LogP contribution >= 0.6 is 34.8 Å². The Kier molecular flexibility index (Phi) is 6.28. The van der Waals surface area contributed by atoms with Gasteiger partial charge in [-0.25, -0.2) is 4.98 Å². The van der Waals surface area contributed by atoms with E-state index in [1.165, 1.54) is 0 Å². The van der Waals surface area contributed by atoms with Gasteiger partial charge in [-0.3, -0.25) is 14.3 Å². The van der Waals surface area contributed by atoms with Crippen LogP contribution in [0.25, 0.3) is 0 Å². The minimum absolute atomic E-state index is 0.0115. The second-order valence-electron chi connectivity index (χ2n) is 9.23. The van der Waals surface area contributed by atoms with Gasteiger partial charge in [0, 0.05) is 36.3 Å². The van der Waals surface area contributed by atoms with E-state index in [4.69, 9.17) is 39.9 Å². The first-order chi connectivity index (χ1) is 16.7. The second kappa shape index (κ2) is 9.12. The van der Waals surface area contributed by atoms with Crippen molar-refractivity contribution < 1.29 is 9.59 Å². The first-order valence-electron chi connectivity index (χ1n) is 11.4. The summed E-state index contributed by atoms with van der Waals surface area (Å²) in [6, 6.07) is 8.24. The molecule has 2 aliphatic heterocycles. The monoisotopic (exact) mass is 531 g/mol. The fourth-order valence-corrected chi connectivity index (χ4v) is 5.43. The lowest BCUT2D eigenvalue weighted by molar-refractivity contribution is 0.0574. The molecule has 0 spiro atoms. The molecule has 7 nitrogen and oxygen atoms in total. The van der Waals surface area contributed by atoms with Crippen molar-refractivity contribution >= 4 is 46.6 Å². The zero-order valence-corrected chi connectivity index (χ0v) is 21.8. The number of hydrogen-bond acceptors (Lipinski definition) is 4. The number of carbonyl (C=O) groups excluding carboxylic acids is 2. The summed E-state index contributed by atoms with van der Waals surface area (Å²) in [4.78, 5) is 34.8. The summed E-state index contributed by atoms with van der Waals surface area (Å²) in [7, 11) is 0. The third-order valence-electron chi connectivity index (χ3n) is 6.91. The van der Waals surface area contributed by atoms with Crippen molar-refractivity contribution in [1.29, 1.82) is 0 Å². The molecule has 2 aliphatic rings. The minimum Gasteiger partial charge on any atom is -0.331 e. The molecule has 0 radical (unpaired) electrons. The Labute approximate surface area is 218 Å². The van der Waals surface area contributed by atoms with E-state index in [9.17, 15) is 9.59 Å². The molecule has 0 saturated carbocycles. The molecule has 4 heterocycles. The van der Waals surface area contributed by atoms with Crippen LogP contribution in [-0.2, 0) is 13.0 Å². The molecule has 35 heavy (non-hydrogen) atoms. The summed E-state index contributed by atoms with van der Waals surface area (Å²) < 4.78 is 1.83. The van der Waals surface area contributed by atoms with Crippen molar-refractivity contribution in [3.63, 3.8) is 0 Å². The molecule has 0 bridgehead atoms. The van der Waals surface area contributed by atoms with Gasteiger partial charge >= 0.3 is 0 Å². The Bertz CT molecular complexity index is 1340. The summed E-state index contributed by atoms with van der Waals surface area (Å²) in [5.74, 6) is -0.261. The van der Waals surface area contributed by atoms with Crippen LogP contribution in [-0.4, -0.2) is 49.0 Å². The predicted octanol–water partition coefficient (Wildman–Crippen LogP) is 5.60. The molecular formula is C25H24Cl3N5O2. The normalized spacial score (nSPS) is 20.5. The number of amides is 2. The van der Waals surface area contributed by atoms with Crippen LogP contribution in [0.3, 0.4) is 0 Å². The number of fused-ring (bicyclic) bond motifs is 3. The highest BCUT2D eigenvalue weighted by molar-refractivity contribution is 6.42. The Hall–Kier alpha value is -2.61. The average Bonchev–Trinajstić information content (AvgIpc) is 3.20. The van der Waals surface area contributed by atoms with Crippen LogP contribution in [0.4, 0.5) is 0 Å². The van der Waals surface area contributed by atoms with E-state index in [0.717, 1.165) is 16.8 Å². The van der Waals surface area contributed by atoms with E-state index in [0.29, 0.717) is 46.0 Å². The van der Waals surface area contributed by atoms with Crippen LogP contribution in [0.5, 0.6) is 0 Å². The van der Waals surface area contributed by atoms with Gasteiger partial charge in [0.15, 0.2) is 0 Å². The number of hydrogen-bond donors (Lipinski definition) is 0. The quantitative estimate of drug-likeness (QED) is 0.412. The highest BCUT2D eigenvalue weighted by Crippen LogP contribution is 2.35. The first-order valence-corrected chi connectivity index (χ1v) is 12.6. The molecule has 3 atom stereocenters. The molecule has 0 aliphatic carbocycles. The largest absolute Gasteiger partial charge is 0.331 e. The number of nitrogens with zero attached hydrogens (tertiary/aromatic N) is 5. The average molecular weight is 533 g/mol. The van der Waals surface area contributed by atoms with Crippen molar-refractivity contribution in [1.82, 2.24) is 24.6 Å². The zero-order chi connectivity index (χ0) is 25.0. The third kappa shape index (κ3) is 4.20. The van der Waals surface area contributed by atoms with Gasteiger partial charge in [-0.15, -0.1) is 0 Å². The highest BCUT2D eigenvalue weighted by atomic mass is 35.5. The molecule has 0 N–H and O–H groups in total. The van der Waals surface area contributed by atoms with E-state index in [2.05, 4.69) is 11.9 Å². The van der Waals surface area contributed by atoms with E-state index in [1.807, 2.05) is 29.5 Å². The molecule has 0 fully saturated rings. The van der Waals surface area contributed by atoms with Crippen LogP contribution in [0, 0.1) is 0 Å². The molecule has 3 aromatic rings. The van der Waals surface area contributed by atoms with Gasteiger partial charge in [0.05, 0.1) is 34.4 Å². The van der Waals surface area contributed by atoms with Crippen molar-refractivity contribution in [3.8, 4) is 0 Å². The van der Waals surface area contributed by atoms with Gasteiger partial charge in [-0.1, -0.05) is 34.8 Å². The lowest BCUT2D eigenvalue weighted by Gasteiger charge is -2.37. The Morgan fingerprint density at radius 1 is 1.09 bits per heavy atom. The van der Waals surface area contributed by atoms with Crippen LogP contribution in [0.1, 0.15) is 70.5 Å². The van der Waals surface area contributed by atoms with Crippen molar-refractivity contribution in [2.75, 3.05) is 6.54 Å². The fraction of sp³-hybridized carbons (Fsp3) is 0.360. The molecule has 10 heteroatoms. The van der Waals surface area contributed by atoms with Crippen LogP contribution in [0.2, 0.25) is 15.2 Å². The standard InChI is InChI=1S/C25H24Cl3N5O2/c1-13-8-21-18(12-31(13)24(34)17-4-5-19(26)20(27)9-17)23-25(35)32(11-14(2)33(23)30-21)15(3)16-6-7-29-22(28)10-16/h4-7,9-10,13-15H,8,11-12H2,1-3H3/t13-,14-,15-/m1/s1. The van der Waals surface area contributed by atoms with Gasteiger partial charge in [0.1, 0.15) is 10.8 Å². The van der Waals surface area contributed by atoms with Gasteiger partial charge in [-0.2, -0.15) is 5.10 Å². The van der Waals surface area contributed by atoms with Crippen LogP contribution < -0.4 is 0 Å². The molecule has 2 aromatic heterocycles. The number of carbonyl (C=O) groups is 2. The summed E-state index contributed by atoms with van der Waals surface area (Å²) in [5, 5.41) is 5.92. The first kappa shape index (κ1) is 24.1. The number of aromatic nitrogens is 3. The number of pyridine rings is 1. The highest BCUT2D eigenvalue weighted by Gasteiger charge is 2.40. The van der Waals surface area contributed by atoms with Gasteiger partial charge in [0.2, 0.25) is 0 Å². The summed E-state index contributed by atoms with van der Waals surface area (Å²) in [6.45, 7) is 6.85. The molecular weight excluding hydrogens is 509 g/mol. The Morgan fingerprint density at radius 3 is 2.57 bits per heavy atom. The van der Waals surface area contributed by atoms with Crippen molar-refractivity contribution in [2.45, 2.75) is 51.9 Å². The zero-order valence-electron chi connectivity index (χ0n) is 19.5. The van der Waals surface area contributed by atoms with Crippen molar-refractivity contribution in [2.24, 2.45) is 0 Å². The fourth-order valence-electron chi connectivity index (χ4n) is 4.95. The van der Waals surface area contributed by atoms with Crippen LogP contribution in [0.15, 0.2) is 36.5 Å². The van der Waals surface area contributed by atoms with Gasteiger partial charge < -0.3 is 9.80 Å². The maximum atomic E-state index is 13.8. The molecule has 0 unspecified atom stereocenters. The maximum absolute atomic E-state index is 13.8. The topological polar surface area (TPSA) is 71.3 Å². The predicted molar refractivity (Wildman–Crippen MR) is 135 cm³/mol. The van der Waals surface area contributed by atoms with Crippen molar-refractivity contribution in [3.05, 3.63) is 79.8 Å². The molecule has 2 amide bonds. The third-order valence-corrected chi connectivity index (χ3v) is 7.86. The number of halogens is 3. The molecule has 5 rings (SSSR count). The summed E-state index contributed by atoms with van der Waals surface area (Å²) in [6.07, 6.45) is 2.21. The smallest absolute Gasteiger partial charge is 0.273 e. The van der Waals surface area contributed by atoms with Gasteiger partial charge in [0.25, 0.3) is 11.8 Å². The lowest BCUT2D eigenvalue weighted by Crippen LogP contribution is -2.45. The van der Waals surface area contributed by atoms with Gasteiger partial charge in [-0.05, 0) is 56.7 Å². The maximum Gasteiger partial charge on any atom is 0.273 e. The summed E-state index contributed by atoms with van der Waals surface area (Å²) >= 11 is 18.3. The Morgan fingerprint density at radius 2 is 1.86 bits per heavy atom. The lowest BCUT2D eigenvalue weighted by atomic mass is 9.96.